The third-order valence-electron chi connectivity index (χ3n) is 6.35. The fourth-order valence-corrected chi connectivity index (χ4v) is 4.26. The summed E-state index contributed by atoms with van der Waals surface area (Å²) in [7, 11) is 0. The number of hydrogen-bond donors (Lipinski definition) is 1. The molecule has 1 aromatic rings. The number of nitrogens with one attached hydrogen (secondary N) is 1. The van der Waals surface area contributed by atoms with Crippen molar-refractivity contribution in [1.29, 1.82) is 0 Å². The molecule has 0 aromatic heterocycles. The molecular formula is C20H31N. The van der Waals surface area contributed by atoms with Gasteiger partial charge in [0.1, 0.15) is 0 Å². The summed E-state index contributed by atoms with van der Waals surface area (Å²) in [6, 6.07) is 7.99. The van der Waals surface area contributed by atoms with Gasteiger partial charge >= 0.3 is 0 Å². The van der Waals surface area contributed by atoms with Crippen molar-refractivity contribution < 1.29 is 0 Å². The molecule has 0 spiro atoms. The molecule has 0 radical (unpaired) electrons. The van der Waals surface area contributed by atoms with E-state index in [0.717, 1.165) is 6.04 Å². The van der Waals surface area contributed by atoms with Gasteiger partial charge in [0.15, 0.2) is 0 Å². The summed E-state index contributed by atoms with van der Waals surface area (Å²) in [5.74, 6) is 0. The minimum atomic E-state index is 0.396. The smallest absolute Gasteiger partial charge is 0.00885 e. The largest absolute Gasteiger partial charge is 0.313 e. The van der Waals surface area contributed by atoms with Crippen LogP contribution in [0.4, 0.5) is 0 Å². The summed E-state index contributed by atoms with van der Waals surface area (Å²) in [6.45, 7) is 10.4. The van der Waals surface area contributed by atoms with Gasteiger partial charge in [-0.05, 0) is 61.6 Å². The van der Waals surface area contributed by atoms with Gasteiger partial charge in [0.2, 0.25) is 0 Å². The molecule has 0 aliphatic heterocycles. The second kappa shape index (κ2) is 5.43. The van der Waals surface area contributed by atoms with E-state index in [9.17, 15) is 0 Å². The predicted octanol–water partition coefficient (Wildman–Crippen LogP) is 4.89. The summed E-state index contributed by atoms with van der Waals surface area (Å²) in [5, 5.41) is 3.82. The van der Waals surface area contributed by atoms with Crippen LogP contribution in [0.25, 0.3) is 0 Å². The van der Waals surface area contributed by atoms with Crippen LogP contribution in [-0.2, 0) is 5.41 Å². The van der Waals surface area contributed by atoms with Crippen LogP contribution in [-0.4, -0.2) is 12.6 Å². The minimum absolute atomic E-state index is 0.396. The summed E-state index contributed by atoms with van der Waals surface area (Å²) >= 11 is 0. The Morgan fingerprint density at radius 3 is 2.24 bits per heavy atom. The van der Waals surface area contributed by atoms with Gasteiger partial charge in [-0.1, -0.05) is 44.9 Å². The Labute approximate surface area is 130 Å². The first-order valence-electron chi connectivity index (χ1n) is 8.84. The zero-order valence-electron chi connectivity index (χ0n) is 14.3. The quantitative estimate of drug-likeness (QED) is 0.784. The van der Waals surface area contributed by atoms with Gasteiger partial charge in [-0.15, -0.1) is 0 Å². The van der Waals surface area contributed by atoms with E-state index in [2.05, 4.69) is 51.2 Å². The van der Waals surface area contributed by atoms with Gasteiger partial charge in [0.25, 0.3) is 0 Å². The van der Waals surface area contributed by atoms with E-state index < -0.39 is 0 Å². The molecule has 3 rings (SSSR count). The Balaban J connectivity index is 1.83. The monoisotopic (exact) mass is 285 g/mol. The van der Waals surface area contributed by atoms with Gasteiger partial charge in [-0.3, -0.25) is 0 Å². The molecule has 2 aliphatic carbocycles. The molecule has 0 saturated heterocycles. The third-order valence-corrected chi connectivity index (χ3v) is 6.35. The maximum atomic E-state index is 3.82. The van der Waals surface area contributed by atoms with Crippen LogP contribution in [0.5, 0.6) is 0 Å². The van der Waals surface area contributed by atoms with Crippen molar-refractivity contribution in [1.82, 2.24) is 5.32 Å². The maximum absolute atomic E-state index is 3.82. The zero-order chi connectivity index (χ0) is 15.1. The maximum Gasteiger partial charge on any atom is 0.00885 e. The number of aryl methyl sites for hydroxylation is 2. The molecule has 2 fully saturated rings. The fourth-order valence-electron chi connectivity index (χ4n) is 4.26. The van der Waals surface area contributed by atoms with Gasteiger partial charge in [0, 0.05) is 18.0 Å². The van der Waals surface area contributed by atoms with E-state index in [0.29, 0.717) is 10.8 Å². The molecule has 0 unspecified atom stereocenters. The highest BCUT2D eigenvalue weighted by Crippen LogP contribution is 2.59. The van der Waals surface area contributed by atoms with Crippen LogP contribution in [0.3, 0.4) is 0 Å². The Bertz CT molecular complexity index is 501. The molecule has 1 aromatic carbocycles. The van der Waals surface area contributed by atoms with Gasteiger partial charge in [-0.2, -0.15) is 0 Å². The molecule has 1 nitrogen and oxygen atoms in total. The number of benzene rings is 1. The van der Waals surface area contributed by atoms with Crippen molar-refractivity contribution >= 4 is 0 Å². The normalized spacial score (nSPS) is 22.9. The Morgan fingerprint density at radius 2 is 1.71 bits per heavy atom. The summed E-state index contributed by atoms with van der Waals surface area (Å²) in [6.07, 6.45) is 8.18. The topological polar surface area (TPSA) is 12.0 Å². The molecule has 0 heterocycles. The summed E-state index contributed by atoms with van der Waals surface area (Å²) in [5.41, 5.74) is 5.44. The average Bonchev–Trinajstić information content (AvgIpc) is 3.26. The van der Waals surface area contributed by atoms with E-state index in [1.165, 1.54) is 56.2 Å². The van der Waals surface area contributed by atoms with Gasteiger partial charge < -0.3 is 5.32 Å². The Kier molecular flexibility index (Phi) is 3.90. The fraction of sp³-hybridized carbons (Fsp3) is 0.700. The van der Waals surface area contributed by atoms with E-state index in [-0.39, 0.29) is 0 Å². The van der Waals surface area contributed by atoms with E-state index in [4.69, 9.17) is 0 Å². The van der Waals surface area contributed by atoms with Crippen molar-refractivity contribution in [3.63, 3.8) is 0 Å². The standard InChI is InChI=1S/C20H31N/c1-5-19(6-2)12-20(13-19,14-21-18-9-10-18)17-8-7-15(3)16(4)11-17/h7-8,11,18,21H,5-6,9-10,12-14H2,1-4H3. The van der Waals surface area contributed by atoms with Crippen molar-refractivity contribution in [3.8, 4) is 0 Å². The highest BCUT2D eigenvalue weighted by Gasteiger charge is 2.53. The number of hydrogen-bond acceptors (Lipinski definition) is 1. The molecular weight excluding hydrogens is 254 g/mol. The van der Waals surface area contributed by atoms with Crippen LogP contribution in [0.1, 0.15) is 69.1 Å². The number of rotatable bonds is 6. The summed E-state index contributed by atoms with van der Waals surface area (Å²) < 4.78 is 0. The molecule has 1 heteroatoms. The lowest BCUT2D eigenvalue weighted by molar-refractivity contribution is 0.0126. The van der Waals surface area contributed by atoms with Gasteiger partial charge in [0.05, 0.1) is 0 Å². The highest BCUT2D eigenvalue weighted by molar-refractivity contribution is 5.38. The SMILES string of the molecule is CCC1(CC)CC(CNC2CC2)(c2ccc(C)c(C)c2)C1. The first-order valence-corrected chi connectivity index (χ1v) is 8.84. The van der Waals surface area contributed by atoms with Crippen LogP contribution >= 0.6 is 0 Å². The lowest BCUT2D eigenvalue weighted by Crippen LogP contribution is -2.54. The van der Waals surface area contributed by atoms with Crippen molar-refractivity contribution in [2.24, 2.45) is 5.41 Å². The Hall–Kier alpha value is -0.820. The first kappa shape index (κ1) is 15.1. The lowest BCUT2D eigenvalue weighted by Gasteiger charge is -2.57. The third kappa shape index (κ3) is 2.77. The molecule has 0 amide bonds. The molecule has 116 valence electrons. The second-order valence-electron chi connectivity index (χ2n) is 7.80. The molecule has 2 saturated carbocycles. The van der Waals surface area contributed by atoms with Crippen molar-refractivity contribution in [3.05, 3.63) is 34.9 Å². The van der Waals surface area contributed by atoms with Crippen molar-refractivity contribution in [2.75, 3.05) is 6.54 Å². The van der Waals surface area contributed by atoms with Crippen LogP contribution in [0.2, 0.25) is 0 Å². The van der Waals surface area contributed by atoms with Crippen LogP contribution in [0.15, 0.2) is 18.2 Å². The highest BCUT2D eigenvalue weighted by atomic mass is 15.0. The lowest BCUT2D eigenvalue weighted by atomic mass is 9.48. The zero-order valence-corrected chi connectivity index (χ0v) is 14.3. The van der Waals surface area contributed by atoms with Gasteiger partial charge in [-0.25, -0.2) is 0 Å². The van der Waals surface area contributed by atoms with Crippen LogP contribution < -0.4 is 5.32 Å². The molecule has 0 bridgehead atoms. The van der Waals surface area contributed by atoms with Crippen LogP contribution in [0, 0.1) is 19.3 Å². The average molecular weight is 285 g/mol. The first-order chi connectivity index (χ1) is 10.0. The predicted molar refractivity (Wildman–Crippen MR) is 90.9 cm³/mol. The molecule has 0 atom stereocenters. The minimum Gasteiger partial charge on any atom is -0.313 e. The van der Waals surface area contributed by atoms with Crippen molar-refractivity contribution in [2.45, 2.75) is 77.7 Å². The van der Waals surface area contributed by atoms with E-state index in [1.807, 2.05) is 0 Å². The Morgan fingerprint density at radius 1 is 1.05 bits per heavy atom. The summed E-state index contributed by atoms with van der Waals surface area (Å²) in [4.78, 5) is 0. The molecule has 1 N–H and O–H groups in total. The van der Waals surface area contributed by atoms with E-state index >= 15 is 0 Å². The second-order valence-corrected chi connectivity index (χ2v) is 7.80. The van der Waals surface area contributed by atoms with E-state index in [1.54, 1.807) is 5.56 Å². The molecule has 2 aliphatic rings. The molecule has 21 heavy (non-hydrogen) atoms.